The number of nitrogens with one attached hydrogen (secondary N) is 1. The molecule has 0 saturated heterocycles. The molecule has 1 amide bonds. The minimum atomic E-state index is -0.503. The van der Waals surface area contributed by atoms with E-state index in [1.165, 1.54) is 0 Å². The molecule has 1 N–H and O–H groups in total. The van der Waals surface area contributed by atoms with Crippen LogP contribution in [0.5, 0.6) is 5.75 Å². The summed E-state index contributed by atoms with van der Waals surface area (Å²) < 4.78 is 6.63. The first kappa shape index (κ1) is 14.6. The second-order valence-corrected chi connectivity index (χ2v) is 5.24. The van der Waals surface area contributed by atoms with E-state index in [1.807, 2.05) is 61.5 Å². The Balaban J connectivity index is 2.02. The van der Waals surface area contributed by atoms with Crippen LogP contribution in [0.25, 0.3) is 0 Å². The zero-order valence-electron chi connectivity index (χ0n) is 11.2. The lowest BCUT2D eigenvalue weighted by Crippen LogP contribution is -2.32. The van der Waals surface area contributed by atoms with Gasteiger partial charge in [0.1, 0.15) is 5.75 Å². The number of halogens is 1. The summed E-state index contributed by atoms with van der Waals surface area (Å²) in [5.41, 5.74) is 0.750. The highest BCUT2D eigenvalue weighted by molar-refractivity contribution is 9.10. The van der Waals surface area contributed by atoms with Crippen LogP contribution in [-0.4, -0.2) is 12.0 Å². The van der Waals surface area contributed by atoms with Crippen LogP contribution < -0.4 is 10.1 Å². The molecule has 0 radical (unpaired) electrons. The Hall–Kier alpha value is -1.81. The third kappa shape index (κ3) is 4.10. The van der Waals surface area contributed by atoms with Crippen LogP contribution >= 0.6 is 15.9 Å². The number of carbonyl (C=O) groups excluding carboxylic acids is 1. The molecule has 0 saturated carbocycles. The second-order valence-electron chi connectivity index (χ2n) is 4.33. The van der Waals surface area contributed by atoms with Gasteiger partial charge in [-0.2, -0.15) is 0 Å². The number of amides is 1. The van der Waals surface area contributed by atoms with E-state index in [-0.39, 0.29) is 5.91 Å². The highest BCUT2D eigenvalue weighted by Crippen LogP contribution is 2.17. The SMILES string of the molecule is CCC(Oc1ccccc1)C(=O)Nc1cccc(Br)c1. The van der Waals surface area contributed by atoms with E-state index in [2.05, 4.69) is 21.2 Å². The topological polar surface area (TPSA) is 38.3 Å². The van der Waals surface area contributed by atoms with Gasteiger partial charge in [-0.15, -0.1) is 0 Å². The predicted octanol–water partition coefficient (Wildman–Crippen LogP) is 4.25. The van der Waals surface area contributed by atoms with Crippen molar-refractivity contribution < 1.29 is 9.53 Å². The minimum Gasteiger partial charge on any atom is -0.481 e. The minimum absolute atomic E-state index is 0.144. The number of rotatable bonds is 5. The first-order valence-electron chi connectivity index (χ1n) is 6.47. The van der Waals surface area contributed by atoms with Crippen LogP contribution in [0.3, 0.4) is 0 Å². The molecule has 1 unspecified atom stereocenters. The van der Waals surface area contributed by atoms with Gasteiger partial charge in [-0.1, -0.05) is 47.1 Å². The maximum atomic E-state index is 12.2. The van der Waals surface area contributed by atoms with E-state index in [4.69, 9.17) is 4.74 Å². The maximum absolute atomic E-state index is 12.2. The number of carbonyl (C=O) groups is 1. The fraction of sp³-hybridized carbons (Fsp3) is 0.188. The summed E-state index contributed by atoms with van der Waals surface area (Å²) in [4.78, 5) is 12.2. The smallest absolute Gasteiger partial charge is 0.265 e. The van der Waals surface area contributed by atoms with Gasteiger partial charge in [0.05, 0.1) is 0 Å². The van der Waals surface area contributed by atoms with Gasteiger partial charge in [0, 0.05) is 10.2 Å². The highest BCUT2D eigenvalue weighted by Gasteiger charge is 2.18. The number of hydrogen-bond acceptors (Lipinski definition) is 2. The van der Waals surface area contributed by atoms with E-state index >= 15 is 0 Å². The van der Waals surface area contributed by atoms with Crippen molar-refractivity contribution in [1.82, 2.24) is 0 Å². The van der Waals surface area contributed by atoms with Gasteiger partial charge >= 0.3 is 0 Å². The molecule has 2 rings (SSSR count). The monoisotopic (exact) mass is 333 g/mol. The van der Waals surface area contributed by atoms with Crippen molar-refractivity contribution in [2.75, 3.05) is 5.32 Å². The quantitative estimate of drug-likeness (QED) is 0.888. The predicted molar refractivity (Wildman–Crippen MR) is 83.9 cm³/mol. The Morgan fingerprint density at radius 3 is 2.60 bits per heavy atom. The Labute approximate surface area is 127 Å². The van der Waals surface area contributed by atoms with Gasteiger partial charge in [-0.05, 0) is 36.8 Å². The molecule has 0 spiro atoms. The Bertz CT molecular complexity index is 572. The lowest BCUT2D eigenvalue weighted by Gasteiger charge is -2.17. The molecular formula is C16H16BrNO2. The third-order valence-electron chi connectivity index (χ3n) is 2.78. The van der Waals surface area contributed by atoms with Gasteiger partial charge in [-0.25, -0.2) is 0 Å². The summed E-state index contributed by atoms with van der Waals surface area (Å²) in [5, 5.41) is 2.86. The highest BCUT2D eigenvalue weighted by atomic mass is 79.9. The molecule has 4 heteroatoms. The first-order valence-corrected chi connectivity index (χ1v) is 7.26. The fourth-order valence-corrected chi connectivity index (χ4v) is 2.17. The number of anilines is 1. The maximum Gasteiger partial charge on any atom is 0.265 e. The van der Waals surface area contributed by atoms with Crippen molar-refractivity contribution in [1.29, 1.82) is 0 Å². The lowest BCUT2D eigenvalue weighted by atomic mass is 10.2. The van der Waals surface area contributed by atoms with E-state index in [9.17, 15) is 4.79 Å². The largest absolute Gasteiger partial charge is 0.481 e. The first-order chi connectivity index (χ1) is 9.69. The molecule has 0 bridgehead atoms. The van der Waals surface area contributed by atoms with E-state index in [1.54, 1.807) is 0 Å². The average Bonchev–Trinajstić information content (AvgIpc) is 2.45. The molecule has 2 aromatic rings. The van der Waals surface area contributed by atoms with Crippen molar-refractivity contribution in [3.63, 3.8) is 0 Å². The zero-order valence-corrected chi connectivity index (χ0v) is 12.8. The Morgan fingerprint density at radius 2 is 1.95 bits per heavy atom. The van der Waals surface area contributed by atoms with Crippen molar-refractivity contribution in [2.24, 2.45) is 0 Å². The van der Waals surface area contributed by atoms with Crippen LogP contribution in [0.2, 0.25) is 0 Å². The van der Waals surface area contributed by atoms with Crippen molar-refractivity contribution >= 4 is 27.5 Å². The summed E-state index contributed by atoms with van der Waals surface area (Å²) in [6, 6.07) is 16.8. The Morgan fingerprint density at radius 1 is 1.20 bits per heavy atom. The molecule has 2 aromatic carbocycles. The molecule has 0 aliphatic rings. The molecule has 0 aromatic heterocycles. The molecule has 0 heterocycles. The molecule has 1 atom stereocenters. The van der Waals surface area contributed by atoms with Crippen LogP contribution in [0, 0.1) is 0 Å². The summed E-state index contributed by atoms with van der Waals surface area (Å²) in [6.45, 7) is 1.92. The summed E-state index contributed by atoms with van der Waals surface area (Å²) >= 11 is 3.38. The molecule has 0 aliphatic carbocycles. The number of ether oxygens (including phenoxy) is 1. The molecular weight excluding hydrogens is 318 g/mol. The molecule has 20 heavy (non-hydrogen) atoms. The van der Waals surface area contributed by atoms with Gasteiger partial charge < -0.3 is 10.1 Å². The molecule has 0 aliphatic heterocycles. The van der Waals surface area contributed by atoms with Crippen molar-refractivity contribution in [3.05, 3.63) is 59.1 Å². The van der Waals surface area contributed by atoms with Gasteiger partial charge in [0.15, 0.2) is 6.10 Å². The molecule has 0 fully saturated rings. The third-order valence-corrected chi connectivity index (χ3v) is 3.27. The number of benzene rings is 2. The van der Waals surface area contributed by atoms with Crippen LogP contribution in [0.4, 0.5) is 5.69 Å². The van der Waals surface area contributed by atoms with E-state index in [0.29, 0.717) is 12.2 Å². The van der Waals surface area contributed by atoms with Crippen molar-refractivity contribution in [3.8, 4) is 5.75 Å². The summed E-state index contributed by atoms with van der Waals surface area (Å²) in [7, 11) is 0. The molecule has 3 nitrogen and oxygen atoms in total. The van der Waals surface area contributed by atoms with Crippen LogP contribution in [0.15, 0.2) is 59.1 Å². The van der Waals surface area contributed by atoms with E-state index < -0.39 is 6.10 Å². The average molecular weight is 334 g/mol. The van der Waals surface area contributed by atoms with Crippen LogP contribution in [-0.2, 0) is 4.79 Å². The number of para-hydroxylation sites is 1. The summed E-state index contributed by atoms with van der Waals surface area (Å²) in [6.07, 6.45) is 0.103. The lowest BCUT2D eigenvalue weighted by molar-refractivity contribution is -0.122. The van der Waals surface area contributed by atoms with Crippen LogP contribution in [0.1, 0.15) is 13.3 Å². The zero-order chi connectivity index (χ0) is 14.4. The number of hydrogen-bond donors (Lipinski definition) is 1. The standard InChI is InChI=1S/C16H16BrNO2/c1-2-15(20-14-9-4-3-5-10-14)16(19)18-13-8-6-7-12(17)11-13/h3-11,15H,2H2,1H3,(H,18,19). The summed E-state index contributed by atoms with van der Waals surface area (Å²) in [5.74, 6) is 0.554. The van der Waals surface area contributed by atoms with Gasteiger partial charge in [-0.3, -0.25) is 4.79 Å². The van der Waals surface area contributed by atoms with E-state index in [0.717, 1.165) is 10.2 Å². The van der Waals surface area contributed by atoms with Gasteiger partial charge in [0.25, 0.3) is 5.91 Å². The molecule has 104 valence electrons. The van der Waals surface area contributed by atoms with Crippen molar-refractivity contribution in [2.45, 2.75) is 19.4 Å². The normalized spacial score (nSPS) is 11.7. The Kier molecular flexibility index (Phi) is 5.18. The second kappa shape index (κ2) is 7.10. The fourth-order valence-electron chi connectivity index (χ4n) is 1.77. The van der Waals surface area contributed by atoms with Gasteiger partial charge in [0.2, 0.25) is 0 Å².